The molecule has 172 valence electrons. The van der Waals surface area contributed by atoms with Gasteiger partial charge in [0.2, 0.25) is 5.91 Å². The van der Waals surface area contributed by atoms with Gasteiger partial charge in [-0.25, -0.2) is 15.0 Å². The minimum absolute atomic E-state index is 0.0123. The Balaban J connectivity index is 1.17. The van der Waals surface area contributed by atoms with E-state index >= 15 is 0 Å². The lowest BCUT2D eigenvalue weighted by atomic mass is 9.95. The first kappa shape index (κ1) is 21.6. The second-order valence-corrected chi connectivity index (χ2v) is 8.83. The Morgan fingerprint density at radius 3 is 2.33 bits per heavy atom. The van der Waals surface area contributed by atoms with Crippen LogP contribution in [0.4, 0.5) is 17.1 Å². The molecule has 2 fully saturated rings. The van der Waals surface area contributed by atoms with E-state index in [-0.39, 0.29) is 11.8 Å². The summed E-state index contributed by atoms with van der Waals surface area (Å²) in [6.07, 6.45) is 3.49. The van der Waals surface area contributed by atoms with Gasteiger partial charge in [0.1, 0.15) is 5.52 Å². The number of nitrogens with one attached hydrogen (secondary N) is 1. The molecule has 33 heavy (non-hydrogen) atoms. The highest BCUT2D eigenvalue weighted by Crippen LogP contribution is 2.26. The molecule has 0 aliphatic carbocycles. The van der Waals surface area contributed by atoms with Crippen molar-refractivity contribution in [2.75, 3.05) is 54.5 Å². The van der Waals surface area contributed by atoms with Crippen molar-refractivity contribution >= 4 is 34.1 Å². The summed E-state index contributed by atoms with van der Waals surface area (Å²) in [5.74, 6) is 0.112. The van der Waals surface area contributed by atoms with Gasteiger partial charge in [0.15, 0.2) is 5.65 Å². The average molecular weight is 447 g/mol. The fraction of sp³-hybridized carbons (Fsp3) is 0.440. The number of benzene rings is 1. The van der Waals surface area contributed by atoms with Crippen LogP contribution in [0.1, 0.15) is 24.2 Å². The van der Waals surface area contributed by atoms with Gasteiger partial charge >= 0.3 is 0 Å². The van der Waals surface area contributed by atoms with Crippen molar-refractivity contribution in [3.63, 3.8) is 0 Å². The van der Waals surface area contributed by atoms with E-state index in [0.29, 0.717) is 5.65 Å². The molecule has 0 radical (unpaired) electrons. The maximum Gasteiger partial charge on any atom is 0.227 e. The number of aryl methyl sites for hydroxylation is 2. The highest BCUT2D eigenvalue weighted by atomic mass is 16.5. The van der Waals surface area contributed by atoms with Crippen molar-refractivity contribution in [2.24, 2.45) is 5.92 Å². The Morgan fingerprint density at radius 2 is 1.61 bits per heavy atom. The number of ether oxygens (including phenoxy) is 1. The normalized spacial score (nSPS) is 17.4. The molecule has 2 aromatic heterocycles. The Labute approximate surface area is 194 Å². The van der Waals surface area contributed by atoms with Crippen LogP contribution in [0.3, 0.4) is 0 Å². The SMILES string of the molecule is Cc1nc2cc(N3CCC(C(=O)Nc4ccc(N5CCOCC5)cc4)CC3)cnc2nc1C. The molecule has 2 saturated heterocycles. The van der Waals surface area contributed by atoms with E-state index < -0.39 is 0 Å². The molecule has 1 aromatic carbocycles. The molecule has 0 unspecified atom stereocenters. The number of morpholine rings is 1. The van der Waals surface area contributed by atoms with Crippen molar-refractivity contribution in [1.82, 2.24) is 15.0 Å². The zero-order valence-electron chi connectivity index (χ0n) is 19.3. The van der Waals surface area contributed by atoms with Crippen LogP contribution in [0.5, 0.6) is 0 Å². The number of rotatable bonds is 4. The molecule has 5 rings (SSSR count). The van der Waals surface area contributed by atoms with Crippen LogP contribution in [0.25, 0.3) is 11.2 Å². The molecule has 4 heterocycles. The number of hydrogen-bond acceptors (Lipinski definition) is 7. The van der Waals surface area contributed by atoms with Gasteiger partial charge in [0, 0.05) is 43.5 Å². The van der Waals surface area contributed by atoms with E-state index in [4.69, 9.17) is 4.74 Å². The van der Waals surface area contributed by atoms with Crippen molar-refractivity contribution in [3.05, 3.63) is 47.9 Å². The van der Waals surface area contributed by atoms with Gasteiger partial charge in [-0.3, -0.25) is 4.79 Å². The first-order valence-corrected chi connectivity index (χ1v) is 11.7. The van der Waals surface area contributed by atoms with Crippen LogP contribution < -0.4 is 15.1 Å². The molecular formula is C25H30N6O2. The van der Waals surface area contributed by atoms with Gasteiger partial charge in [-0.15, -0.1) is 0 Å². The number of carbonyl (C=O) groups excluding carboxylic acids is 1. The van der Waals surface area contributed by atoms with Crippen molar-refractivity contribution < 1.29 is 9.53 Å². The predicted molar refractivity (Wildman–Crippen MR) is 130 cm³/mol. The van der Waals surface area contributed by atoms with Gasteiger partial charge in [-0.05, 0) is 57.0 Å². The van der Waals surface area contributed by atoms with E-state index in [1.165, 1.54) is 5.69 Å². The van der Waals surface area contributed by atoms with Gasteiger partial charge in [0.25, 0.3) is 0 Å². The molecule has 2 aliphatic heterocycles. The smallest absolute Gasteiger partial charge is 0.227 e. The monoisotopic (exact) mass is 446 g/mol. The third-order valence-corrected chi connectivity index (χ3v) is 6.66. The third-order valence-electron chi connectivity index (χ3n) is 6.66. The molecule has 0 bridgehead atoms. The van der Waals surface area contributed by atoms with Crippen LogP contribution in [-0.2, 0) is 9.53 Å². The van der Waals surface area contributed by atoms with E-state index in [2.05, 4.69) is 48.3 Å². The van der Waals surface area contributed by atoms with E-state index in [9.17, 15) is 4.79 Å². The summed E-state index contributed by atoms with van der Waals surface area (Å²) in [6, 6.07) is 10.2. The van der Waals surface area contributed by atoms with Crippen molar-refractivity contribution in [3.8, 4) is 0 Å². The molecule has 8 nitrogen and oxygen atoms in total. The minimum atomic E-state index is 0.0123. The number of pyridine rings is 1. The molecule has 1 N–H and O–H groups in total. The van der Waals surface area contributed by atoms with Crippen molar-refractivity contribution in [1.29, 1.82) is 0 Å². The second-order valence-electron chi connectivity index (χ2n) is 8.83. The third kappa shape index (κ3) is 4.75. The fourth-order valence-electron chi connectivity index (χ4n) is 4.50. The zero-order valence-corrected chi connectivity index (χ0v) is 19.3. The topological polar surface area (TPSA) is 83.5 Å². The number of aromatic nitrogens is 3. The first-order chi connectivity index (χ1) is 16.1. The zero-order chi connectivity index (χ0) is 22.8. The Bertz CT molecular complexity index is 1140. The van der Waals surface area contributed by atoms with E-state index in [1.54, 1.807) is 0 Å². The fourth-order valence-corrected chi connectivity index (χ4v) is 4.50. The average Bonchev–Trinajstić information content (AvgIpc) is 2.85. The largest absolute Gasteiger partial charge is 0.378 e. The second kappa shape index (κ2) is 9.31. The summed E-state index contributed by atoms with van der Waals surface area (Å²) in [5, 5.41) is 3.10. The number of fused-ring (bicyclic) bond motifs is 1. The lowest BCUT2D eigenvalue weighted by Gasteiger charge is -2.33. The van der Waals surface area contributed by atoms with Gasteiger partial charge in [-0.2, -0.15) is 0 Å². The minimum Gasteiger partial charge on any atom is -0.378 e. The summed E-state index contributed by atoms with van der Waals surface area (Å²) in [4.78, 5) is 31.1. The first-order valence-electron chi connectivity index (χ1n) is 11.7. The Morgan fingerprint density at radius 1 is 0.939 bits per heavy atom. The van der Waals surface area contributed by atoms with Crippen LogP contribution >= 0.6 is 0 Å². The molecular weight excluding hydrogens is 416 g/mol. The maximum atomic E-state index is 12.9. The molecule has 0 atom stereocenters. The summed E-state index contributed by atoms with van der Waals surface area (Å²) in [6.45, 7) is 8.89. The standard InChI is InChI=1S/C25H30N6O2/c1-17-18(2)28-24-23(27-17)15-22(16-26-24)30-9-7-19(8-10-30)25(32)29-20-3-5-21(6-4-20)31-11-13-33-14-12-31/h3-6,15-16,19H,7-14H2,1-2H3,(H,29,32). The van der Waals surface area contributed by atoms with Gasteiger partial charge in [-0.1, -0.05) is 0 Å². The van der Waals surface area contributed by atoms with Gasteiger partial charge in [0.05, 0.1) is 36.5 Å². The quantitative estimate of drug-likeness (QED) is 0.658. The number of piperidine rings is 1. The van der Waals surface area contributed by atoms with Crippen LogP contribution in [0.15, 0.2) is 36.5 Å². The molecule has 8 heteroatoms. The number of amides is 1. The lowest BCUT2D eigenvalue weighted by molar-refractivity contribution is -0.120. The number of anilines is 3. The van der Waals surface area contributed by atoms with E-state index in [0.717, 1.165) is 80.5 Å². The molecule has 3 aromatic rings. The Kier molecular flexibility index (Phi) is 6.09. The highest BCUT2D eigenvalue weighted by Gasteiger charge is 2.25. The summed E-state index contributed by atoms with van der Waals surface area (Å²) in [7, 11) is 0. The number of carbonyl (C=O) groups is 1. The predicted octanol–water partition coefficient (Wildman–Crippen LogP) is 3.33. The molecule has 0 saturated carbocycles. The summed E-state index contributed by atoms with van der Waals surface area (Å²) in [5.41, 5.74) is 6.38. The number of nitrogens with zero attached hydrogens (tertiary/aromatic N) is 5. The summed E-state index contributed by atoms with van der Waals surface area (Å²) >= 11 is 0. The summed E-state index contributed by atoms with van der Waals surface area (Å²) < 4.78 is 5.42. The van der Waals surface area contributed by atoms with E-state index in [1.807, 2.05) is 32.2 Å². The highest BCUT2D eigenvalue weighted by molar-refractivity contribution is 5.93. The lowest BCUT2D eigenvalue weighted by Crippen LogP contribution is -2.38. The van der Waals surface area contributed by atoms with Crippen LogP contribution in [0.2, 0.25) is 0 Å². The maximum absolute atomic E-state index is 12.9. The van der Waals surface area contributed by atoms with Crippen LogP contribution in [-0.4, -0.2) is 60.3 Å². The van der Waals surface area contributed by atoms with Crippen molar-refractivity contribution in [2.45, 2.75) is 26.7 Å². The van der Waals surface area contributed by atoms with Crippen LogP contribution in [0, 0.1) is 19.8 Å². The number of hydrogen-bond donors (Lipinski definition) is 1. The molecule has 2 aliphatic rings. The molecule has 1 amide bonds. The Hall–Kier alpha value is -3.26. The van der Waals surface area contributed by atoms with Gasteiger partial charge < -0.3 is 19.9 Å². The molecule has 0 spiro atoms.